The normalized spacial score (nSPS) is 17.3. The van der Waals surface area contributed by atoms with Crippen LogP contribution in [0.25, 0.3) is 5.76 Å². The van der Waals surface area contributed by atoms with E-state index in [-0.39, 0.29) is 35.7 Å². The number of aryl methyl sites for hydroxylation is 1. The van der Waals surface area contributed by atoms with E-state index < -0.39 is 34.4 Å². The zero-order valence-corrected chi connectivity index (χ0v) is 20.2. The van der Waals surface area contributed by atoms with Crippen molar-refractivity contribution in [2.45, 2.75) is 26.8 Å². The molecule has 1 aromatic heterocycles. The molecule has 1 aliphatic rings. The highest BCUT2D eigenvalue weighted by molar-refractivity contribution is 6.46. The number of ketones is 1. The van der Waals surface area contributed by atoms with Crippen molar-refractivity contribution in [1.82, 2.24) is 14.8 Å². The van der Waals surface area contributed by atoms with Crippen LogP contribution in [0.5, 0.6) is 0 Å². The summed E-state index contributed by atoms with van der Waals surface area (Å²) in [6, 6.07) is 4.53. The molecule has 0 bridgehead atoms. The van der Waals surface area contributed by atoms with Gasteiger partial charge in [0.1, 0.15) is 11.5 Å². The Kier molecular flexibility index (Phi) is 7.39. The third-order valence-corrected chi connectivity index (χ3v) is 5.90. The van der Waals surface area contributed by atoms with E-state index in [0.717, 1.165) is 0 Å². The second-order valence-corrected chi connectivity index (χ2v) is 8.49. The van der Waals surface area contributed by atoms with Crippen molar-refractivity contribution < 1.29 is 29.2 Å². The number of likely N-dealkylation sites (N-methyl/N-ethyl adjacent to an activating group) is 1. The first-order valence-corrected chi connectivity index (χ1v) is 11.0. The average molecular weight is 485 g/mol. The largest absolute Gasteiger partial charge is 0.507 e. The second kappa shape index (κ2) is 10.1. The number of hydrogen-bond donors (Lipinski definition) is 2. The van der Waals surface area contributed by atoms with Gasteiger partial charge in [-0.3, -0.25) is 19.7 Å². The van der Waals surface area contributed by atoms with Crippen LogP contribution in [0, 0.1) is 24.0 Å². The highest BCUT2D eigenvalue weighted by Crippen LogP contribution is 2.41. The van der Waals surface area contributed by atoms with Crippen molar-refractivity contribution in [3.8, 4) is 0 Å². The molecule has 2 aromatic rings. The fraction of sp³-hybridized carbons (Fsp3) is 0.375. The summed E-state index contributed by atoms with van der Waals surface area (Å²) < 4.78 is 5.06. The highest BCUT2D eigenvalue weighted by atomic mass is 16.6. The van der Waals surface area contributed by atoms with E-state index in [9.17, 15) is 29.6 Å². The molecule has 2 N–H and O–H groups in total. The van der Waals surface area contributed by atoms with Crippen molar-refractivity contribution in [1.29, 1.82) is 0 Å². The molecule has 3 rings (SSSR count). The number of aromatic nitrogens is 1. The Hall–Kier alpha value is -3.99. The average Bonchev–Trinajstić information content (AvgIpc) is 3.24. The van der Waals surface area contributed by atoms with Crippen LogP contribution in [0.3, 0.4) is 0 Å². The number of carbonyl (C=O) groups excluding carboxylic acids is 3. The molecule has 1 fully saturated rings. The molecule has 1 saturated heterocycles. The Labute approximate surface area is 202 Å². The number of nitro groups is 1. The van der Waals surface area contributed by atoms with E-state index >= 15 is 0 Å². The summed E-state index contributed by atoms with van der Waals surface area (Å²) >= 11 is 0. The van der Waals surface area contributed by atoms with Gasteiger partial charge in [-0.1, -0.05) is 0 Å². The number of nitrogens with zero attached hydrogens (tertiary/aromatic N) is 3. The van der Waals surface area contributed by atoms with Crippen LogP contribution >= 0.6 is 0 Å². The molecule has 1 aromatic carbocycles. The molecule has 0 aliphatic carbocycles. The monoisotopic (exact) mass is 484 g/mol. The number of amides is 1. The van der Waals surface area contributed by atoms with Gasteiger partial charge in [0.15, 0.2) is 0 Å². The topological polar surface area (TPSA) is 146 Å². The summed E-state index contributed by atoms with van der Waals surface area (Å²) in [6.45, 7) is 5.71. The molecule has 0 spiro atoms. The minimum absolute atomic E-state index is 0.139. The van der Waals surface area contributed by atoms with E-state index in [1.165, 1.54) is 29.2 Å². The molecule has 0 saturated carbocycles. The van der Waals surface area contributed by atoms with Gasteiger partial charge in [-0.05, 0) is 58.1 Å². The van der Waals surface area contributed by atoms with Gasteiger partial charge in [0.2, 0.25) is 0 Å². The fourth-order valence-electron chi connectivity index (χ4n) is 4.19. The maximum Gasteiger partial charge on any atom is 0.355 e. The number of Topliss-reactive ketones (excluding diaryl/α,β-unsaturated/α-hetero) is 1. The maximum atomic E-state index is 13.2. The second-order valence-electron chi connectivity index (χ2n) is 8.49. The van der Waals surface area contributed by atoms with Crippen LogP contribution < -0.4 is 0 Å². The molecule has 11 heteroatoms. The van der Waals surface area contributed by atoms with Gasteiger partial charge in [0.05, 0.1) is 23.1 Å². The lowest BCUT2D eigenvalue weighted by Crippen LogP contribution is -2.35. The third kappa shape index (κ3) is 4.80. The Morgan fingerprint density at radius 2 is 1.86 bits per heavy atom. The van der Waals surface area contributed by atoms with Crippen LogP contribution in [0.15, 0.2) is 29.8 Å². The number of aromatic amines is 1. The number of H-pyrrole nitrogens is 1. The lowest BCUT2D eigenvalue weighted by Gasteiger charge is -2.26. The number of non-ortho nitro benzene ring substituents is 1. The number of benzene rings is 1. The number of rotatable bonds is 8. The van der Waals surface area contributed by atoms with Gasteiger partial charge in [0, 0.05) is 36.5 Å². The number of carbonyl (C=O) groups is 3. The standard InChI is InChI=1S/C24H28N4O7/c1-6-35-24(32)19-13(2)17(14(3)25-19)21(29)18-20(15-7-9-16(10-8-15)28(33)34)27(12-11-26(4)5)23(31)22(18)30/h7-10,20,25,29H,6,11-12H2,1-5H3/b21-18-. The zero-order valence-electron chi connectivity index (χ0n) is 20.2. The lowest BCUT2D eigenvalue weighted by molar-refractivity contribution is -0.384. The molecule has 2 heterocycles. The first-order valence-electron chi connectivity index (χ1n) is 11.0. The maximum absolute atomic E-state index is 13.2. The van der Waals surface area contributed by atoms with Gasteiger partial charge >= 0.3 is 5.97 Å². The lowest BCUT2D eigenvalue weighted by atomic mass is 9.94. The number of nitrogens with one attached hydrogen (secondary N) is 1. The predicted octanol–water partition coefficient (Wildman–Crippen LogP) is 2.70. The van der Waals surface area contributed by atoms with E-state index in [4.69, 9.17) is 4.74 Å². The Bertz CT molecular complexity index is 1210. The summed E-state index contributed by atoms with van der Waals surface area (Å²) in [5.41, 5.74) is 1.31. The fourth-order valence-corrected chi connectivity index (χ4v) is 4.19. The van der Waals surface area contributed by atoms with Crippen molar-refractivity contribution in [2.75, 3.05) is 33.8 Å². The molecule has 11 nitrogen and oxygen atoms in total. The van der Waals surface area contributed by atoms with Crippen LogP contribution in [0.1, 0.15) is 45.8 Å². The van der Waals surface area contributed by atoms with Crippen LogP contribution in [-0.2, 0) is 14.3 Å². The number of hydrogen-bond acceptors (Lipinski definition) is 8. The summed E-state index contributed by atoms with van der Waals surface area (Å²) in [5, 5.41) is 22.5. The smallest absolute Gasteiger partial charge is 0.355 e. The molecule has 1 aliphatic heterocycles. The Balaban J connectivity index is 2.20. The molecule has 35 heavy (non-hydrogen) atoms. The van der Waals surface area contributed by atoms with E-state index in [2.05, 4.69) is 4.98 Å². The van der Waals surface area contributed by atoms with E-state index in [1.54, 1.807) is 20.8 Å². The zero-order chi connectivity index (χ0) is 26.0. The van der Waals surface area contributed by atoms with E-state index in [1.807, 2.05) is 19.0 Å². The molecule has 186 valence electrons. The minimum atomic E-state index is -0.963. The van der Waals surface area contributed by atoms with Gasteiger partial charge in [-0.15, -0.1) is 0 Å². The summed E-state index contributed by atoms with van der Waals surface area (Å²) in [5.74, 6) is -2.69. The van der Waals surface area contributed by atoms with Gasteiger partial charge in [-0.2, -0.15) is 0 Å². The van der Waals surface area contributed by atoms with Crippen molar-refractivity contribution in [2.24, 2.45) is 0 Å². The number of nitro benzene ring substituents is 1. The number of esters is 1. The Morgan fingerprint density at radius 1 is 1.23 bits per heavy atom. The van der Waals surface area contributed by atoms with E-state index in [0.29, 0.717) is 23.4 Å². The van der Waals surface area contributed by atoms with Crippen molar-refractivity contribution in [3.05, 3.63) is 68.0 Å². The summed E-state index contributed by atoms with van der Waals surface area (Å²) in [4.78, 5) is 55.2. The quantitative estimate of drug-likeness (QED) is 0.145. The van der Waals surface area contributed by atoms with Crippen molar-refractivity contribution >= 4 is 29.1 Å². The van der Waals surface area contributed by atoms with Gasteiger partial charge < -0.3 is 24.6 Å². The first-order chi connectivity index (χ1) is 16.5. The van der Waals surface area contributed by atoms with Crippen LogP contribution in [0.4, 0.5) is 5.69 Å². The van der Waals surface area contributed by atoms with Crippen molar-refractivity contribution in [3.63, 3.8) is 0 Å². The summed E-state index contributed by atoms with van der Waals surface area (Å²) in [7, 11) is 3.64. The number of aliphatic hydroxyl groups is 1. The molecule has 1 unspecified atom stereocenters. The molecule has 1 atom stereocenters. The molecular weight excluding hydrogens is 456 g/mol. The van der Waals surface area contributed by atoms with Crippen LogP contribution in [0.2, 0.25) is 0 Å². The highest BCUT2D eigenvalue weighted by Gasteiger charge is 2.46. The first kappa shape index (κ1) is 25.6. The van der Waals surface area contributed by atoms with Gasteiger partial charge in [-0.25, -0.2) is 4.79 Å². The molecule has 1 amide bonds. The number of aliphatic hydroxyl groups excluding tert-OH is 1. The number of ether oxygens (including phenoxy) is 1. The predicted molar refractivity (Wildman–Crippen MR) is 127 cm³/mol. The minimum Gasteiger partial charge on any atom is -0.507 e. The number of likely N-dealkylation sites (tertiary alicyclic amines) is 1. The Morgan fingerprint density at radius 3 is 2.40 bits per heavy atom. The summed E-state index contributed by atoms with van der Waals surface area (Å²) in [6.07, 6.45) is 0. The third-order valence-electron chi connectivity index (χ3n) is 5.90. The van der Waals surface area contributed by atoms with Crippen LogP contribution in [-0.4, -0.2) is 76.3 Å². The van der Waals surface area contributed by atoms with Gasteiger partial charge in [0.25, 0.3) is 17.4 Å². The molecular formula is C24H28N4O7. The molecule has 0 radical (unpaired) electrons. The SMILES string of the molecule is CCOC(=O)c1[nH]c(C)c(/C(O)=C2/C(=O)C(=O)N(CCN(C)C)C2c2ccc([N+](=O)[O-])cc2)c1C.